The van der Waals surface area contributed by atoms with Crippen LogP contribution in [0.2, 0.25) is 0 Å². The van der Waals surface area contributed by atoms with E-state index in [9.17, 15) is 0 Å². The van der Waals surface area contributed by atoms with E-state index in [2.05, 4.69) is 93.1 Å². The number of hydrogen-bond acceptors (Lipinski definition) is 0. The summed E-state index contributed by atoms with van der Waals surface area (Å²) in [4.78, 5) is 0.246. The smallest absolute Gasteiger partial charge is 0.0660 e. The number of benzene rings is 3. The highest BCUT2D eigenvalue weighted by molar-refractivity contribution is 14.1. The maximum atomic E-state index is 3.93. The van der Waals surface area contributed by atoms with Gasteiger partial charge in [-0.05, 0) is 74.5 Å². The fraction of sp³-hybridized carbons (Fsp3) is 0.158. The Hall–Kier alpha value is -0.870. The van der Waals surface area contributed by atoms with Gasteiger partial charge in [-0.3, -0.25) is 0 Å². The maximum absolute atomic E-state index is 3.93. The molecule has 1 atom stereocenters. The SMILES string of the molecule is BrC(c1ccccc1I)c1ccc2c3c(cccc13)CC2. The van der Waals surface area contributed by atoms with Gasteiger partial charge in [0.25, 0.3) is 0 Å². The molecule has 0 N–H and O–H groups in total. The van der Waals surface area contributed by atoms with Gasteiger partial charge in [0.15, 0.2) is 0 Å². The van der Waals surface area contributed by atoms with E-state index >= 15 is 0 Å². The molecule has 0 fully saturated rings. The summed E-state index contributed by atoms with van der Waals surface area (Å²) in [6.45, 7) is 0. The third-order valence-electron chi connectivity index (χ3n) is 4.36. The molecular formula is C19H14BrI. The first-order valence-electron chi connectivity index (χ1n) is 7.17. The molecule has 21 heavy (non-hydrogen) atoms. The molecule has 1 aliphatic carbocycles. The molecule has 0 saturated carbocycles. The van der Waals surface area contributed by atoms with Gasteiger partial charge in [0.05, 0.1) is 4.83 Å². The van der Waals surface area contributed by atoms with Crippen LogP contribution in [0, 0.1) is 3.57 Å². The predicted molar refractivity (Wildman–Crippen MR) is 101 cm³/mol. The monoisotopic (exact) mass is 448 g/mol. The summed E-state index contributed by atoms with van der Waals surface area (Å²) in [6.07, 6.45) is 2.37. The normalized spacial score (nSPS) is 14.6. The van der Waals surface area contributed by atoms with Gasteiger partial charge in [-0.15, -0.1) is 0 Å². The van der Waals surface area contributed by atoms with E-state index in [-0.39, 0.29) is 4.83 Å². The first-order valence-corrected chi connectivity index (χ1v) is 9.17. The molecule has 0 heterocycles. The summed E-state index contributed by atoms with van der Waals surface area (Å²) in [6, 6.07) is 20.0. The zero-order valence-electron chi connectivity index (χ0n) is 11.4. The molecule has 0 nitrogen and oxygen atoms in total. The van der Waals surface area contributed by atoms with Crippen LogP contribution in [0.15, 0.2) is 54.6 Å². The molecule has 0 saturated heterocycles. The summed E-state index contributed by atoms with van der Waals surface area (Å²) >= 11 is 6.35. The number of halogens is 2. The fourth-order valence-electron chi connectivity index (χ4n) is 3.34. The topological polar surface area (TPSA) is 0 Å². The summed E-state index contributed by atoms with van der Waals surface area (Å²) in [7, 11) is 0. The Balaban J connectivity index is 1.94. The van der Waals surface area contributed by atoms with E-state index < -0.39 is 0 Å². The average molecular weight is 449 g/mol. The Bertz CT molecular complexity index is 828. The van der Waals surface area contributed by atoms with E-state index in [1.807, 2.05) is 0 Å². The molecule has 0 bridgehead atoms. The van der Waals surface area contributed by atoms with E-state index in [0.717, 1.165) is 0 Å². The van der Waals surface area contributed by atoms with Crippen LogP contribution in [0.4, 0.5) is 0 Å². The maximum Gasteiger partial charge on any atom is 0.0660 e. The van der Waals surface area contributed by atoms with Crippen LogP contribution in [0.3, 0.4) is 0 Å². The highest BCUT2D eigenvalue weighted by Gasteiger charge is 2.20. The van der Waals surface area contributed by atoms with E-state index in [0.29, 0.717) is 0 Å². The summed E-state index contributed by atoms with van der Waals surface area (Å²) in [5.74, 6) is 0. The van der Waals surface area contributed by atoms with Crippen molar-refractivity contribution < 1.29 is 0 Å². The Labute approximate surface area is 146 Å². The Morgan fingerprint density at radius 1 is 0.810 bits per heavy atom. The van der Waals surface area contributed by atoms with Crippen LogP contribution < -0.4 is 0 Å². The van der Waals surface area contributed by atoms with Crippen molar-refractivity contribution in [1.82, 2.24) is 0 Å². The summed E-state index contributed by atoms with van der Waals surface area (Å²) in [5.41, 5.74) is 5.73. The Morgan fingerprint density at radius 3 is 2.38 bits per heavy atom. The van der Waals surface area contributed by atoms with Crippen molar-refractivity contribution in [3.8, 4) is 0 Å². The minimum Gasteiger partial charge on any atom is -0.0786 e. The second-order valence-corrected chi connectivity index (χ2v) is 7.62. The Kier molecular flexibility index (Phi) is 3.54. The van der Waals surface area contributed by atoms with Crippen LogP contribution in [-0.2, 0) is 12.8 Å². The fourth-order valence-corrected chi connectivity index (χ4v) is 5.26. The van der Waals surface area contributed by atoms with Gasteiger partial charge in [-0.25, -0.2) is 0 Å². The van der Waals surface area contributed by atoms with Gasteiger partial charge in [0, 0.05) is 3.57 Å². The van der Waals surface area contributed by atoms with Gasteiger partial charge in [-0.1, -0.05) is 64.5 Å². The lowest BCUT2D eigenvalue weighted by molar-refractivity contribution is 1.02. The third-order valence-corrected chi connectivity index (χ3v) is 6.33. The number of rotatable bonds is 2. The van der Waals surface area contributed by atoms with Crippen LogP contribution in [0.1, 0.15) is 27.1 Å². The van der Waals surface area contributed by atoms with E-state index in [4.69, 9.17) is 0 Å². The lowest BCUT2D eigenvalue weighted by Crippen LogP contribution is -1.97. The van der Waals surface area contributed by atoms with Gasteiger partial charge < -0.3 is 0 Å². The molecule has 104 valence electrons. The van der Waals surface area contributed by atoms with Gasteiger partial charge >= 0.3 is 0 Å². The zero-order chi connectivity index (χ0) is 14.4. The standard InChI is InChI=1S/C19H14BrI/c20-19(16-5-1-2-7-17(16)21)15-11-10-13-9-8-12-4-3-6-14(15)18(12)13/h1-7,10-11,19H,8-9H2. The summed E-state index contributed by atoms with van der Waals surface area (Å²) in [5, 5.41) is 2.90. The third kappa shape index (κ3) is 2.23. The lowest BCUT2D eigenvalue weighted by Gasteiger charge is -2.16. The summed E-state index contributed by atoms with van der Waals surface area (Å²) < 4.78 is 1.31. The molecule has 3 aromatic carbocycles. The van der Waals surface area contributed by atoms with Gasteiger partial charge in [-0.2, -0.15) is 0 Å². The molecule has 1 aliphatic rings. The van der Waals surface area contributed by atoms with E-state index in [1.54, 1.807) is 0 Å². The second-order valence-electron chi connectivity index (χ2n) is 5.54. The van der Waals surface area contributed by atoms with Crippen molar-refractivity contribution in [3.05, 3.63) is 80.4 Å². The van der Waals surface area contributed by atoms with E-state index in [1.165, 1.54) is 49.4 Å². The minimum absolute atomic E-state index is 0.246. The molecule has 0 aromatic heterocycles. The van der Waals surface area contributed by atoms with Gasteiger partial charge in [0.1, 0.15) is 0 Å². The zero-order valence-corrected chi connectivity index (χ0v) is 15.2. The second kappa shape index (κ2) is 5.40. The van der Waals surface area contributed by atoms with Crippen molar-refractivity contribution in [2.45, 2.75) is 17.7 Å². The first-order chi connectivity index (χ1) is 10.3. The molecule has 0 amide bonds. The lowest BCUT2D eigenvalue weighted by atomic mass is 9.95. The molecule has 0 aliphatic heterocycles. The largest absolute Gasteiger partial charge is 0.0786 e. The van der Waals surface area contributed by atoms with Crippen molar-refractivity contribution in [3.63, 3.8) is 0 Å². The predicted octanol–water partition coefficient (Wildman–Crippen LogP) is 6.03. The molecule has 3 aromatic rings. The van der Waals surface area contributed by atoms with Crippen LogP contribution in [0.25, 0.3) is 10.8 Å². The number of hydrogen-bond donors (Lipinski definition) is 0. The van der Waals surface area contributed by atoms with Crippen molar-refractivity contribution in [1.29, 1.82) is 0 Å². The number of aryl methyl sites for hydroxylation is 2. The first kappa shape index (κ1) is 13.8. The Morgan fingerprint density at radius 2 is 1.57 bits per heavy atom. The van der Waals surface area contributed by atoms with Crippen molar-refractivity contribution >= 4 is 49.3 Å². The molecular weight excluding hydrogens is 435 g/mol. The average Bonchev–Trinajstić information content (AvgIpc) is 2.93. The quantitative estimate of drug-likeness (QED) is 0.331. The molecule has 0 spiro atoms. The van der Waals surface area contributed by atoms with Crippen LogP contribution >= 0.6 is 38.5 Å². The molecule has 4 rings (SSSR count). The minimum atomic E-state index is 0.246. The van der Waals surface area contributed by atoms with Crippen molar-refractivity contribution in [2.24, 2.45) is 0 Å². The van der Waals surface area contributed by atoms with Crippen LogP contribution in [-0.4, -0.2) is 0 Å². The molecule has 2 heteroatoms. The highest BCUT2D eigenvalue weighted by Crippen LogP contribution is 2.40. The van der Waals surface area contributed by atoms with Gasteiger partial charge in [0.2, 0.25) is 0 Å². The molecule has 0 radical (unpaired) electrons. The highest BCUT2D eigenvalue weighted by atomic mass is 127. The van der Waals surface area contributed by atoms with Crippen molar-refractivity contribution in [2.75, 3.05) is 0 Å². The molecule has 1 unspecified atom stereocenters. The van der Waals surface area contributed by atoms with Crippen LogP contribution in [0.5, 0.6) is 0 Å². The number of alkyl halides is 1.